The van der Waals surface area contributed by atoms with Crippen molar-refractivity contribution in [2.24, 2.45) is 0 Å². The number of carbonyl (C=O) groups is 1. The summed E-state index contributed by atoms with van der Waals surface area (Å²) in [6, 6.07) is 17.5. The van der Waals surface area contributed by atoms with Crippen LogP contribution < -0.4 is 10.2 Å². The predicted octanol–water partition coefficient (Wildman–Crippen LogP) is 3.96. The van der Waals surface area contributed by atoms with Crippen LogP contribution in [0.25, 0.3) is 0 Å². The first-order valence-corrected chi connectivity index (χ1v) is 9.42. The third-order valence-electron chi connectivity index (χ3n) is 4.74. The Bertz CT molecular complexity index is 990. The van der Waals surface area contributed by atoms with E-state index in [-0.39, 0.29) is 5.97 Å². The van der Waals surface area contributed by atoms with Gasteiger partial charge in [-0.3, -0.25) is 0 Å². The number of para-hydroxylation sites is 1. The molecule has 0 unspecified atom stereocenters. The minimum Gasteiger partial charge on any atom is -0.462 e. The number of hydrogen-bond donors (Lipinski definition) is 1. The first kappa shape index (κ1) is 18.0. The number of benzene rings is 2. The van der Waals surface area contributed by atoms with Crippen molar-refractivity contribution < 1.29 is 9.53 Å². The molecule has 0 spiro atoms. The number of anilines is 3. The van der Waals surface area contributed by atoms with Crippen LogP contribution in [0.2, 0.25) is 0 Å². The summed E-state index contributed by atoms with van der Waals surface area (Å²) in [7, 11) is 0. The lowest BCUT2D eigenvalue weighted by Gasteiger charge is -2.29. The highest BCUT2D eigenvalue weighted by molar-refractivity contribution is 5.96. The van der Waals surface area contributed by atoms with E-state index in [1.807, 2.05) is 18.2 Å². The van der Waals surface area contributed by atoms with Crippen LogP contribution in [0.3, 0.4) is 0 Å². The van der Waals surface area contributed by atoms with Crippen molar-refractivity contribution in [1.82, 2.24) is 9.97 Å². The number of ether oxygens (including phenoxy) is 1. The van der Waals surface area contributed by atoms with E-state index in [1.54, 1.807) is 25.3 Å². The van der Waals surface area contributed by atoms with Gasteiger partial charge >= 0.3 is 5.97 Å². The van der Waals surface area contributed by atoms with E-state index in [0.29, 0.717) is 29.6 Å². The lowest BCUT2D eigenvalue weighted by Crippen LogP contribution is -2.31. The van der Waals surface area contributed by atoms with Gasteiger partial charge in [0.1, 0.15) is 5.82 Å². The minimum atomic E-state index is -0.354. The summed E-state index contributed by atoms with van der Waals surface area (Å²) in [6.45, 7) is 3.79. The van der Waals surface area contributed by atoms with Crippen molar-refractivity contribution in [3.63, 3.8) is 0 Å². The Kier molecular flexibility index (Phi) is 5.19. The minimum absolute atomic E-state index is 0.335. The Labute approximate surface area is 164 Å². The average Bonchev–Trinajstić information content (AvgIpc) is 2.74. The topological polar surface area (TPSA) is 67.3 Å². The second kappa shape index (κ2) is 8.08. The highest BCUT2D eigenvalue weighted by atomic mass is 16.5. The molecule has 28 heavy (non-hydrogen) atoms. The molecule has 0 bridgehead atoms. The summed E-state index contributed by atoms with van der Waals surface area (Å²) in [5, 5.41) is 3.23. The van der Waals surface area contributed by atoms with Crippen molar-refractivity contribution in [2.45, 2.75) is 19.9 Å². The van der Waals surface area contributed by atoms with E-state index >= 15 is 0 Å². The zero-order valence-corrected chi connectivity index (χ0v) is 15.8. The number of esters is 1. The summed E-state index contributed by atoms with van der Waals surface area (Å²) in [5.74, 6) is 0.959. The fraction of sp³-hybridized carbons (Fsp3) is 0.227. The van der Waals surface area contributed by atoms with Crippen LogP contribution in [0, 0.1) is 0 Å². The van der Waals surface area contributed by atoms with Crippen LogP contribution in [-0.2, 0) is 17.7 Å². The fourth-order valence-electron chi connectivity index (χ4n) is 3.35. The molecule has 0 aliphatic carbocycles. The number of carbonyl (C=O) groups excluding carboxylic acids is 1. The van der Waals surface area contributed by atoms with Gasteiger partial charge in [0.05, 0.1) is 17.9 Å². The summed E-state index contributed by atoms with van der Waals surface area (Å²) in [5.41, 5.74) is 3.84. The Morgan fingerprint density at radius 3 is 2.75 bits per heavy atom. The number of nitrogens with zero attached hydrogens (tertiary/aromatic N) is 3. The van der Waals surface area contributed by atoms with Crippen LogP contribution >= 0.6 is 0 Å². The second-order valence-electron chi connectivity index (χ2n) is 6.57. The summed E-state index contributed by atoms with van der Waals surface area (Å²) in [4.78, 5) is 23.5. The van der Waals surface area contributed by atoms with Crippen LogP contribution in [0.4, 0.5) is 17.5 Å². The molecule has 6 nitrogen and oxygen atoms in total. The quantitative estimate of drug-likeness (QED) is 0.682. The summed E-state index contributed by atoms with van der Waals surface area (Å²) < 4.78 is 5.14. The highest BCUT2D eigenvalue weighted by Gasteiger charge is 2.19. The predicted molar refractivity (Wildman–Crippen MR) is 109 cm³/mol. The largest absolute Gasteiger partial charge is 0.462 e. The van der Waals surface area contributed by atoms with Gasteiger partial charge in [-0.05, 0) is 42.7 Å². The fourth-order valence-corrected chi connectivity index (χ4v) is 3.35. The highest BCUT2D eigenvalue weighted by Crippen LogP contribution is 2.24. The van der Waals surface area contributed by atoms with Gasteiger partial charge in [-0.2, -0.15) is 4.98 Å². The first-order chi connectivity index (χ1) is 13.7. The number of fused-ring (bicyclic) bond motifs is 1. The van der Waals surface area contributed by atoms with Crippen LogP contribution in [0.5, 0.6) is 0 Å². The third kappa shape index (κ3) is 3.81. The maximum Gasteiger partial charge on any atom is 0.340 e. The van der Waals surface area contributed by atoms with Gasteiger partial charge in [-0.15, -0.1) is 0 Å². The SMILES string of the molecule is CCOC(=O)c1ccccc1Nc1ccnc(N2CCc3ccccc3C2)n1. The monoisotopic (exact) mass is 374 g/mol. The maximum absolute atomic E-state index is 12.2. The maximum atomic E-state index is 12.2. The van der Waals surface area contributed by atoms with Gasteiger partial charge in [0.25, 0.3) is 0 Å². The Morgan fingerprint density at radius 2 is 1.89 bits per heavy atom. The molecule has 1 aliphatic heterocycles. The molecule has 2 aromatic carbocycles. The number of hydrogen-bond acceptors (Lipinski definition) is 6. The van der Waals surface area contributed by atoms with E-state index in [2.05, 4.69) is 44.5 Å². The van der Waals surface area contributed by atoms with Crippen molar-refractivity contribution in [2.75, 3.05) is 23.4 Å². The average molecular weight is 374 g/mol. The molecule has 0 fully saturated rings. The van der Waals surface area contributed by atoms with Gasteiger partial charge in [-0.1, -0.05) is 36.4 Å². The molecule has 3 aromatic rings. The molecule has 0 saturated heterocycles. The molecule has 2 heterocycles. The van der Waals surface area contributed by atoms with E-state index in [9.17, 15) is 4.79 Å². The number of aromatic nitrogens is 2. The normalized spacial score (nSPS) is 13.0. The first-order valence-electron chi connectivity index (χ1n) is 9.42. The van der Waals surface area contributed by atoms with E-state index in [4.69, 9.17) is 4.74 Å². The lowest BCUT2D eigenvalue weighted by atomic mass is 10.0. The molecule has 4 rings (SSSR count). The molecule has 0 amide bonds. The molecule has 0 atom stereocenters. The Hall–Kier alpha value is -3.41. The van der Waals surface area contributed by atoms with Crippen molar-refractivity contribution in [3.05, 3.63) is 77.5 Å². The molecule has 0 radical (unpaired) electrons. The zero-order valence-electron chi connectivity index (χ0n) is 15.8. The zero-order chi connectivity index (χ0) is 19.3. The van der Waals surface area contributed by atoms with Crippen molar-refractivity contribution >= 4 is 23.4 Å². The Morgan fingerprint density at radius 1 is 1.11 bits per heavy atom. The lowest BCUT2D eigenvalue weighted by molar-refractivity contribution is 0.0527. The molecule has 1 N–H and O–H groups in total. The van der Waals surface area contributed by atoms with Crippen LogP contribution in [0.15, 0.2) is 60.8 Å². The molecule has 0 saturated carbocycles. The Balaban J connectivity index is 1.55. The van der Waals surface area contributed by atoms with E-state index in [0.717, 1.165) is 19.5 Å². The van der Waals surface area contributed by atoms with Gasteiger partial charge in [0.15, 0.2) is 0 Å². The smallest absolute Gasteiger partial charge is 0.340 e. The van der Waals surface area contributed by atoms with Gasteiger partial charge in [-0.25, -0.2) is 9.78 Å². The standard InChI is InChI=1S/C22H22N4O2/c1-2-28-21(27)18-9-5-6-10-19(18)24-20-11-13-23-22(25-20)26-14-12-16-7-3-4-8-17(16)15-26/h3-11,13H,2,12,14-15H2,1H3,(H,23,24,25). The third-order valence-corrected chi connectivity index (χ3v) is 4.74. The molecule has 1 aliphatic rings. The molecular formula is C22H22N4O2. The summed E-state index contributed by atoms with van der Waals surface area (Å²) in [6.07, 6.45) is 2.71. The molecule has 6 heteroatoms. The van der Waals surface area contributed by atoms with Crippen molar-refractivity contribution in [3.8, 4) is 0 Å². The summed E-state index contributed by atoms with van der Waals surface area (Å²) >= 11 is 0. The van der Waals surface area contributed by atoms with Crippen LogP contribution in [0.1, 0.15) is 28.4 Å². The molecule has 142 valence electrons. The van der Waals surface area contributed by atoms with E-state index < -0.39 is 0 Å². The number of nitrogens with one attached hydrogen (secondary N) is 1. The molecular weight excluding hydrogens is 352 g/mol. The van der Waals surface area contributed by atoms with Gasteiger partial charge in [0, 0.05) is 19.3 Å². The van der Waals surface area contributed by atoms with Gasteiger partial charge < -0.3 is 15.0 Å². The van der Waals surface area contributed by atoms with Crippen LogP contribution in [-0.4, -0.2) is 29.1 Å². The second-order valence-corrected chi connectivity index (χ2v) is 6.57. The van der Waals surface area contributed by atoms with Gasteiger partial charge in [0.2, 0.25) is 5.95 Å². The van der Waals surface area contributed by atoms with Crippen molar-refractivity contribution in [1.29, 1.82) is 0 Å². The molecule has 1 aromatic heterocycles. The van der Waals surface area contributed by atoms with E-state index in [1.165, 1.54) is 11.1 Å². The number of rotatable bonds is 5.